The molecule has 12 heteroatoms. The van der Waals surface area contributed by atoms with Gasteiger partial charge in [0.15, 0.2) is 17.0 Å². The molecule has 0 aliphatic heterocycles. The maximum atomic E-state index is 13.8. The predicted molar refractivity (Wildman–Crippen MR) is 119 cm³/mol. The number of alkyl halides is 3. The number of thiophene rings is 1. The molecule has 0 saturated carbocycles. The standard InChI is InChI=1S/C21H20ClF3N6OS/c1-5-30-12(3)13(11(2)27-30)10-29(4)20(32)15-9-19-26-14(16-6-7-18(22)33-16)8-17(21(23,24)25)31(19)28-15/h6-9H,5,10H2,1-4H3. The lowest BCUT2D eigenvalue weighted by Gasteiger charge is -2.16. The van der Waals surface area contributed by atoms with Crippen LogP contribution in [0.5, 0.6) is 0 Å². The van der Waals surface area contributed by atoms with Gasteiger partial charge in [-0.05, 0) is 39.0 Å². The number of carbonyl (C=O) groups excluding carboxylic acids is 1. The molecule has 174 valence electrons. The molecule has 0 aliphatic carbocycles. The summed E-state index contributed by atoms with van der Waals surface area (Å²) in [7, 11) is 1.58. The molecule has 0 aliphatic rings. The number of hydrogen-bond donors (Lipinski definition) is 0. The van der Waals surface area contributed by atoms with Gasteiger partial charge in [-0.15, -0.1) is 11.3 Å². The lowest BCUT2D eigenvalue weighted by Crippen LogP contribution is -2.27. The van der Waals surface area contributed by atoms with Crippen LogP contribution in [0.4, 0.5) is 13.2 Å². The summed E-state index contributed by atoms with van der Waals surface area (Å²) in [6.07, 6.45) is -4.70. The summed E-state index contributed by atoms with van der Waals surface area (Å²) in [6, 6.07) is 5.36. The van der Waals surface area contributed by atoms with Gasteiger partial charge < -0.3 is 4.90 Å². The van der Waals surface area contributed by atoms with E-state index in [1.807, 2.05) is 25.5 Å². The van der Waals surface area contributed by atoms with Gasteiger partial charge in [0.1, 0.15) is 0 Å². The normalized spacial score (nSPS) is 12.0. The lowest BCUT2D eigenvalue weighted by atomic mass is 10.2. The van der Waals surface area contributed by atoms with Gasteiger partial charge in [0, 0.05) is 37.5 Å². The average molecular weight is 497 g/mol. The summed E-state index contributed by atoms with van der Waals surface area (Å²) in [6.45, 7) is 6.69. The maximum absolute atomic E-state index is 13.8. The highest BCUT2D eigenvalue weighted by atomic mass is 35.5. The first-order valence-corrected chi connectivity index (χ1v) is 11.2. The molecule has 0 radical (unpaired) electrons. The summed E-state index contributed by atoms with van der Waals surface area (Å²) in [5.74, 6) is -0.516. The summed E-state index contributed by atoms with van der Waals surface area (Å²) in [4.78, 5) is 19.2. The van der Waals surface area contributed by atoms with Gasteiger partial charge in [0.25, 0.3) is 5.91 Å². The smallest absolute Gasteiger partial charge is 0.336 e. The van der Waals surface area contributed by atoms with Crippen molar-refractivity contribution < 1.29 is 18.0 Å². The van der Waals surface area contributed by atoms with Crippen molar-refractivity contribution >= 4 is 34.5 Å². The van der Waals surface area contributed by atoms with E-state index in [-0.39, 0.29) is 23.6 Å². The van der Waals surface area contributed by atoms with E-state index in [9.17, 15) is 18.0 Å². The number of hydrogen-bond acceptors (Lipinski definition) is 5. The topological polar surface area (TPSA) is 68.3 Å². The van der Waals surface area contributed by atoms with Gasteiger partial charge in [-0.25, -0.2) is 9.50 Å². The highest BCUT2D eigenvalue weighted by molar-refractivity contribution is 7.19. The Morgan fingerprint density at radius 2 is 1.94 bits per heavy atom. The molecule has 4 aromatic heterocycles. The third kappa shape index (κ3) is 4.34. The van der Waals surface area contributed by atoms with Crippen LogP contribution in [0.15, 0.2) is 24.3 Å². The molecule has 0 atom stereocenters. The molecular weight excluding hydrogens is 477 g/mol. The largest absolute Gasteiger partial charge is 0.433 e. The number of rotatable bonds is 5. The van der Waals surface area contributed by atoms with Gasteiger partial charge in [-0.3, -0.25) is 9.48 Å². The summed E-state index contributed by atoms with van der Waals surface area (Å²) < 4.78 is 44.3. The Kier molecular flexibility index (Phi) is 5.95. The minimum absolute atomic E-state index is 0.0766. The number of nitrogens with zero attached hydrogens (tertiary/aromatic N) is 6. The predicted octanol–water partition coefficient (Wildman–Crippen LogP) is 5.24. The van der Waals surface area contributed by atoms with Crippen LogP contribution in [0.1, 0.15) is 40.1 Å². The van der Waals surface area contributed by atoms with Crippen LogP contribution in [0.2, 0.25) is 4.34 Å². The second-order valence-electron chi connectivity index (χ2n) is 7.55. The molecule has 0 bridgehead atoms. The molecule has 4 aromatic rings. The minimum Gasteiger partial charge on any atom is -0.336 e. The average Bonchev–Trinajstić information content (AvgIpc) is 3.44. The Labute approximate surface area is 196 Å². The van der Waals surface area contributed by atoms with Gasteiger partial charge in [0.05, 0.1) is 20.6 Å². The molecule has 0 fully saturated rings. The molecule has 4 heterocycles. The van der Waals surface area contributed by atoms with Crippen LogP contribution in [0.25, 0.3) is 16.2 Å². The molecular formula is C21H20ClF3N6OS. The maximum Gasteiger partial charge on any atom is 0.433 e. The van der Waals surface area contributed by atoms with Gasteiger partial charge in [0.2, 0.25) is 0 Å². The minimum atomic E-state index is -4.70. The summed E-state index contributed by atoms with van der Waals surface area (Å²) in [5.41, 5.74) is 1.50. The van der Waals surface area contributed by atoms with E-state index >= 15 is 0 Å². The zero-order chi connectivity index (χ0) is 24.1. The number of fused-ring (bicyclic) bond motifs is 1. The fraction of sp³-hybridized carbons (Fsp3) is 0.333. The van der Waals surface area contributed by atoms with E-state index in [1.165, 1.54) is 11.0 Å². The molecule has 0 unspecified atom stereocenters. The Morgan fingerprint density at radius 3 is 2.52 bits per heavy atom. The first kappa shape index (κ1) is 23.2. The van der Waals surface area contributed by atoms with E-state index in [2.05, 4.69) is 15.2 Å². The van der Waals surface area contributed by atoms with Crippen LogP contribution in [-0.4, -0.2) is 42.2 Å². The molecule has 0 spiro atoms. The van der Waals surface area contributed by atoms with Crippen LogP contribution < -0.4 is 0 Å². The van der Waals surface area contributed by atoms with E-state index in [0.29, 0.717) is 20.3 Å². The number of amides is 1. The molecule has 7 nitrogen and oxygen atoms in total. The fourth-order valence-electron chi connectivity index (χ4n) is 3.63. The lowest BCUT2D eigenvalue weighted by molar-refractivity contribution is -0.142. The quantitative estimate of drug-likeness (QED) is 0.379. The first-order valence-electron chi connectivity index (χ1n) is 10.0. The van der Waals surface area contributed by atoms with E-state index in [1.54, 1.807) is 19.2 Å². The fourth-order valence-corrected chi connectivity index (χ4v) is 4.64. The Balaban J connectivity index is 1.72. The third-order valence-electron chi connectivity index (χ3n) is 5.34. The number of aryl methyl sites for hydroxylation is 2. The van der Waals surface area contributed by atoms with Crippen LogP contribution in [0.3, 0.4) is 0 Å². The SMILES string of the molecule is CCn1nc(C)c(CN(C)C(=O)c2cc3nc(-c4ccc(Cl)s4)cc(C(F)(F)F)n3n2)c1C. The van der Waals surface area contributed by atoms with Crippen molar-refractivity contribution in [3.8, 4) is 10.6 Å². The van der Waals surface area contributed by atoms with Crippen molar-refractivity contribution in [3.05, 3.63) is 56.9 Å². The molecule has 1 amide bonds. The molecule has 0 N–H and O–H groups in total. The van der Waals surface area contributed by atoms with Gasteiger partial charge >= 0.3 is 6.18 Å². The Morgan fingerprint density at radius 1 is 1.21 bits per heavy atom. The van der Waals surface area contributed by atoms with Crippen molar-refractivity contribution in [3.63, 3.8) is 0 Å². The van der Waals surface area contributed by atoms with Crippen LogP contribution in [0, 0.1) is 13.8 Å². The number of halogens is 4. The third-order valence-corrected chi connectivity index (χ3v) is 6.59. The van der Waals surface area contributed by atoms with E-state index < -0.39 is 17.8 Å². The van der Waals surface area contributed by atoms with Gasteiger partial charge in [-0.1, -0.05) is 11.6 Å². The van der Waals surface area contributed by atoms with Crippen molar-refractivity contribution in [1.29, 1.82) is 0 Å². The summed E-state index contributed by atoms with van der Waals surface area (Å²) >= 11 is 7.05. The van der Waals surface area contributed by atoms with Crippen molar-refractivity contribution in [2.24, 2.45) is 0 Å². The van der Waals surface area contributed by atoms with Crippen molar-refractivity contribution in [2.45, 2.75) is 40.0 Å². The Hall–Kier alpha value is -2.92. The summed E-state index contributed by atoms with van der Waals surface area (Å²) in [5, 5.41) is 8.39. The van der Waals surface area contributed by atoms with Crippen LogP contribution >= 0.6 is 22.9 Å². The second-order valence-corrected chi connectivity index (χ2v) is 9.27. The van der Waals surface area contributed by atoms with E-state index in [4.69, 9.17) is 11.6 Å². The number of aromatic nitrogens is 5. The Bertz CT molecular complexity index is 1360. The highest BCUT2D eigenvalue weighted by Crippen LogP contribution is 2.35. The van der Waals surface area contributed by atoms with Crippen molar-refractivity contribution in [1.82, 2.24) is 29.3 Å². The molecule has 33 heavy (non-hydrogen) atoms. The van der Waals surface area contributed by atoms with Gasteiger partial charge in [-0.2, -0.15) is 23.4 Å². The second kappa shape index (κ2) is 8.45. The monoisotopic (exact) mass is 496 g/mol. The highest BCUT2D eigenvalue weighted by Gasteiger charge is 2.36. The zero-order valence-electron chi connectivity index (χ0n) is 18.2. The zero-order valence-corrected chi connectivity index (χ0v) is 19.8. The van der Waals surface area contributed by atoms with Crippen molar-refractivity contribution in [2.75, 3.05) is 7.05 Å². The molecule has 0 saturated heterocycles. The molecule has 0 aromatic carbocycles. The van der Waals surface area contributed by atoms with E-state index in [0.717, 1.165) is 34.4 Å². The number of carbonyl (C=O) groups is 1. The van der Waals surface area contributed by atoms with Crippen LogP contribution in [-0.2, 0) is 19.3 Å². The first-order chi connectivity index (χ1) is 15.5. The molecule has 4 rings (SSSR count).